The predicted molar refractivity (Wildman–Crippen MR) is 71.5 cm³/mol. The van der Waals surface area contributed by atoms with Crippen molar-refractivity contribution in [3.8, 4) is 0 Å². The Morgan fingerprint density at radius 2 is 2.00 bits per heavy atom. The van der Waals surface area contributed by atoms with Gasteiger partial charge in [0.15, 0.2) is 0 Å². The quantitative estimate of drug-likeness (QED) is 0.682. The Kier molecular flexibility index (Phi) is 3.90. The van der Waals surface area contributed by atoms with E-state index in [9.17, 15) is 20.0 Å². The van der Waals surface area contributed by atoms with Gasteiger partial charge in [-0.05, 0) is 23.8 Å². The van der Waals surface area contributed by atoms with Crippen LogP contribution in [0.15, 0.2) is 48.8 Å². The third-order valence-corrected chi connectivity index (χ3v) is 2.67. The first-order valence-electron chi connectivity index (χ1n) is 5.72. The molecular formula is C13H11N3O4. The molecule has 0 bridgehead atoms. The molecule has 2 aromatic rings. The van der Waals surface area contributed by atoms with Crippen LogP contribution in [0.1, 0.15) is 5.56 Å². The van der Waals surface area contributed by atoms with Crippen LogP contribution >= 0.6 is 0 Å². The molecule has 1 aromatic heterocycles. The second kappa shape index (κ2) is 5.79. The summed E-state index contributed by atoms with van der Waals surface area (Å²) >= 11 is 0. The Morgan fingerprint density at radius 1 is 1.30 bits per heavy atom. The number of nitrogens with zero attached hydrogens (tertiary/aromatic N) is 3. The summed E-state index contributed by atoms with van der Waals surface area (Å²) < 4.78 is 0. The molecule has 0 saturated heterocycles. The highest BCUT2D eigenvalue weighted by atomic mass is 16.6. The molecule has 102 valence electrons. The SMILES string of the molecule is O=C(O)N(Cc1cccnc1)c1ccc([N+](=O)[O-])cc1. The Morgan fingerprint density at radius 3 is 2.50 bits per heavy atom. The molecule has 0 aliphatic heterocycles. The van der Waals surface area contributed by atoms with Gasteiger partial charge in [0.25, 0.3) is 5.69 Å². The zero-order chi connectivity index (χ0) is 14.5. The highest BCUT2D eigenvalue weighted by molar-refractivity contribution is 5.86. The molecule has 0 aliphatic carbocycles. The maximum atomic E-state index is 11.3. The third-order valence-electron chi connectivity index (χ3n) is 2.67. The fourth-order valence-electron chi connectivity index (χ4n) is 1.70. The van der Waals surface area contributed by atoms with E-state index in [1.165, 1.54) is 24.3 Å². The van der Waals surface area contributed by atoms with Crippen molar-refractivity contribution in [3.05, 3.63) is 64.5 Å². The molecule has 7 nitrogen and oxygen atoms in total. The van der Waals surface area contributed by atoms with Crippen LogP contribution in [-0.2, 0) is 6.54 Å². The number of carbonyl (C=O) groups is 1. The van der Waals surface area contributed by atoms with E-state index < -0.39 is 11.0 Å². The lowest BCUT2D eigenvalue weighted by Crippen LogP contribution is -2.28. The molecule has 0 unspecified atom stereocenters. The van der Waals surface area contributed by atoms with Crippen molar-refractivity contribution < 1.29 is 14.8 Å². The van der Waals surface area contributed by atoms with Crippen LogP contribution in [0.5, 0.6) is 0 Å². The van der Waals surface area contributed by atoms with E-state index in [2.05, 4.69) is 4.98 Å². The van der Waals surface area contributed by atoms with E-state index in [4.69, 9.17) is 0 Å². The number of non-ortho nitro benzene ring substituents is 1. The van der Waals surface area contributed by atoms with E-state index >= 15 is 0 Å². The molecule has 0 fully saturated rings. The van der Waals surface area contributed by atoms with E-state index in [0.717, 1.165) is 10.5 Å². The van der Waals surface area contributed by atoms with Crippen LogP contribution in [0.3, 0.4) is 0 Å². The minimum absolute atomic E-state index is 0.0829. The highest BCUT2D eigenvalue weighted by Crippen LogP contribution is 2.21. The van der Waals surface area contributed by atoms with Crippen molar-refractivity contribution in [1.29, 1.82) is 0 Å². The molecule has 0 radical (unpaired) electrons. The van der Waals surface area contributed by atoms with Gasteiger partial charge < -0.3 is 5.11 Å². The van der Waals surface area contributed by atoms with Crippen LogP contribution in [0.2, 0.25) is 0 Å². The third kappa shape index (κ3) is 3.08. The Bertz CT molecular complexity index is 613. The van der Waals surface area contributed by atoms with Crippen LogP contribution in [0, 0.1) is 10.1 Å². The minimum Gasteiger partial charge on any atom is -0.465 e. The van der Waals surface area contributed by atoms with Gasteiger partial charge in [-0.2, -0.15) is 0 Å². The highest BCUT2D eigenvalue weighted by Gasteiger charge is 2.16. The van der Waals surface area contributed by atoms with E-state index in [1.54, 1.807) is 24.5 Å². The van der Waals surface area contributed by atoms with E-state index in [1.807, 2.05) is 0 Å². The molecule has 0 saturated carbocycles. The number of amides is 1. The molecule has 1 aromatic carbocycles. The second-order valence-electron chi connectivity index (χ2n) is 4.00. The number of nitro benzene ring substituents is 1. The largest absolute Gasteiger partial charge is 0.465 e. The maximum Gasteiger partial charge on any atom is 0.412 e. The van der Waals surface area contributed by atoms with Gasteiger partial charge >= 0.3 is 6.09 Å². The number of rotatable bonds is 4. The monoisotopic (exact) mass is 273 g/mol. The summed E-state index contributed by atoms with van der Waals surface area (Å²) in [4.78, 5) is 26.4. The van der Waals surface area contributed by atoms with E-state index in [-0.39, 0.29) is 12.2 Å². The fourth-order valence-corrected chi connectivity index (χ4v) is 1.70. The van der Waals surface area contributed by atoms with Gasteiger partial charge in [0.05, 0.1) is 11.5 Å². The summed E-state index contributed by atoms with van der Waals surface area (Å²) in [6, 6.07) is 8.83. The van der Waals surface area contributed by atoms with Gasteiger partial charge in [0.2, 0.25) is 0 Å². The van der Waals surface area contributed by atoms with Crippen molar-refractivity contribution >= 4 is 17.5 Å². The van der Waals surface area contributed by atoms with Gasteiger partial charge in [-0.3, -0.25) is 20.0 Å². The topological polar surface area (TPSA) is 96.6 Å². The maximum absolute atomic E-state index is 11.3. The van der Waals surface area contributed by atoms with Gasteiger partial charge in [-0.15, -0.1) is 0 Å². The Balaban J connectivity index is 2.25. The average molecular weight is 273 g/mol. The van der Waals surface area contributed by atoms with Crippen LogP contribution in [-0.4, -0.2) is 21.1 Å². The van der Waals surface area contributed by atoms with Crippen molar-refractivity contribution in [3.63, 3.8) is 0 Å². The molecule has 2 rings (SSSR count). The molecule has 20 heavy (non-hydrogen) atoms. The Labute approximate surface area is 114 Å². The Hall–Kier alpha value is -2.96. The van der Waals surface area contributed by atoms with Crippen molar-refractivity contribution in [2.45, 2.75) is 6.54 Å². The van der Waals surface area contributed by atoms with Crippen molar-refractivity contribution in [2.75, 3.05) is 4.90 Å². The smallest absolute Gasteiger partial charge is 0.412 e. The van der Waals surface area contributed by atoms with Crippen LogP contribution in [0.25, 0.3) is 0 Å². The number of hydrogen-bond acceptors (Lipinski definition) is 4. The molecule has 1 heterocycles. The molecule has 1 N–H and O–H groups in total. The number of nitro groups is 1. The summed E-state index contributed by atoms with van der Waals surface area (Å²) in [6.07, 6.45) is 2.03. The second-order valence-corrected chi connectivity index (χ2v) is 4.00. The van der Waals surface area contributed by atoms with Crippen molar-refractivity contribution in [1.82, 2.24) is 4.98 Å². The van der Waals surface area contributed by atoms with E-state index in [0.29, 0.717) is 5.69 Å². The molecule has 0 atom stereocenters. The van der Waals surface area contributed by atoms with Gasteiger partial charge in [-0.1, -0.05) is 6.07 Å². The zero-order valence-corrected chi connectivity index (χ0v) is 10.3. The van der Waals surface area contributed by atoms with Crippen LogP contribution in [0.4, 0.5) is 16.2 Å². The van der Waals surface area contributed by atoms with Gasteiger partial charge in [0, 0.05) is 30.2 Å². The zero-order valence-electron chi connectivity index (χ0n) is 10.3. The number of benzene rings is 1. The first kappa shape index (κ1) is 13.5. The number of aromatic nitrogens is 1. The summed E-state index contributed by atoms with van der Waals surface area (Å²) in [5.41, 5.74) is 1.01. The summed E-state index contributed by atoms with van der Waals surface area (Å²) in [5.74, 6) is 0. The summed E-state index contributed by atoms with van der Waals surface area (Å²) in [5, 5.41) is 19.8. The summed E-state index contributed by atoms with van der Waals surface area (Å²) in [6.45, 7) is 0.126. The lowest BCUT2D eigenvalue weighted by Gasteiger charge is -2.19. The van der Waals surface area contributed by atoms with Gasteiger partial charge in [-0.25, -0.2) is 4.79 Å². The first-order chi connectivity index (χ1) is 9.58. The lowest BCUT2D eigenvalue weighted by molar-refractivity contribution is -0.384. The average Bonchev–Trinajstić information content (AvgIpc) is 2.45. The van der Waals surface area contributed by atoms with Gasteiger partial charge in [0.1, 0.15) is 0 Å². The normalized spacial score (nSPS) is 10.0. The standard InChI is InChI=1S/C13H11N3O4/c17-13(18)15(9-10-2-1-7-14-8-10)11-3-5-12(6-4-11)16(19)20/h1-8H,9H2,(H,17,18). The number of carboxylic acid groups (broad SMARTS) is 1. The first-order valence-corrected chi connectivity index (χ1v) is 5.72. The minimum atomic E-state index is -1.14. The molecule has 0 aliphatic rings. The lowest BCUT2D eigenvalue weighted by atomic mass is 10.2. The predicted octanol–water partition coefficient (Wildman–Crippen LogP) is 2.67. The number of anilines is 1. The molecule has 7 heteroatoms. The molecular weight excluding hydrogens is 262 g/mol. The molecule has 0 spiro atoms. The summed E-state index contributed by atoms with van der Waals surface area (Å²) in [7, 11) is 0. The van der Waals surface area contributed by atoms with Crippen molar-refractivity contribution in [2.24, 2.45) is 0 Å². The molecule has 1 amide bonds. The number of hydrogen-bond donors (Lipinski definition) is 1. The fraction of sp³-hybridized carbons (Fsp3) is 0.0769. The van der Waals surface area contributed by atoms with Crippen LogP contribution < -0.4 is 4.90 Å². The number of pyridine rings is 1.